The standard InChI is InChI=1S/C82H106Cl2N7O26PS/c1-7-8-9-10-11-12-13-14-23-119-24-15-22-82(5)36-63(112-40(4)75(82)103)116-74-72(102)71(101)61(37-92)115-81(74)117-73-59-30-44-31-60(73)114-58-21-18-43(28-51(58)84)70(100)68-80(108)89-66(79(107)87-38-118(109,110)111)49-33-46(93)34-54(95)64(49)48-26-41(16-19-53(48)94)47(77(105)91-68)35-56(97)65(44)88-76(104)45(32-62(85)98)29-55(96)67(90-78(106)52(86-6)25-39(2)3)69(99)42-17-20-57(113-59)50(83)27-42/h16-21,26-28,30-31,33-34,39-40,45,47,52,61,63,65-72,74-75,81,86,92-95,99-103H,7-15,22-25,29,32,35-38H2,1-6H3,(H2,85,98)(H,87,107)(H,88,104)(H,89,108)(H,90,106)(H,91,105)(H2,109,110,111)/t40-,45?,47?,52?,61+,63-,65?,66?,67?,68?,69?,70?,71+,72-,74+,75+,81-,82-/m0/s1. The fourth-order valence-corrected chi connectivity index (χ4v) is 17.4. The fraction of sp³-hybridized carbons (Fsp3) is 0.537. The number of benzene rings is 5. The highest BCUT2D eigenvalue weighted by atomic mass is 35.5. The van der Waals surface area contributed by atoms with Gasteiger partial charge in [-0.2, -0.15) is 11.8 Å². The maximum absolute atomic E-state index is 16.4. The van der Waals surface area contributed by atoms with E-state index in [4.69, 9.17) is 57.4 Å². The summed E-state index contributed by atoms with van der Waals surface area (Å²) in [6.07, 6.45) is -10.4. The van der Waals surface area contributed by atoms with Crippen LogP contribution in [0, 0.1) is 17.3 Å². The molecular formula is C82H106Cl2N7O26PS. The number of hydrogen-bond donors (Lipinski definition) is 18. The van der Waals surface area contributed by atoms with Crippen LogP contribution in [0.15, 0.2) is 78.9 Å². The number of rotatable bonds is 28. The third-order valence-corrected chi connectivity index (χ3v) is 24.4. The van der Waals surface area contributed by atoms with Crippen molar-refractivity contribution in [3.8, 4) is 57.1 Å². The van der Waals surface area contributed by atoms with Crippen molar-refractivity contribution >= 4 is 89.6 Å². The second kappa shape index (κ2) is 41.1. The number of hydrogen-bond acceptors (Lipinski definition) is 26. The van der Waals surface area contributed by atoms with E-state index in [0.29, 0.717) is 12.8 Å². The van der Waals surface area contributed by atoms with E-state index in [-0.39, 0.29) is 52.0 Å². The summed E-state index contributed by atoms with van der Waals surface area (Å²) in [6, 6.07) is 4.41. The number of thioether (sulfide) groups is 1. The molecule has 7 aliphatic rings. The first-order chi connectivity index (χ1) is 56.4. The van der Waals surface area contributed by atoms with Crippen molar-refractivity contribution in [1.29, 1.82) is 0 Å². The zero-order valence-corrected chi connectivity index (χ0v) is 69.8. The molecule has 119 heavy (non-hydrogen) atoms. The quantitative estimate of drug-likeness (QED) is 0.0174. The molecule has 5 aromatic rings. The van der Waals surface area contributed by atoms with Crippen LogP contribution in [-0.4, -0.2) is 202 Å². The van der Waals surface area contributed by atoms with Gasteiger partial charge in [0.05, 0.1) is 46.7 Å². The topological polar surface area (TPSA) is 530 Å². The molecule has 650 valence electrons. The summed E-state index contributed by atoms with van der Waals surface area (Å²) in [5.41, 5.74) is 2.33. The number of phenolic OH excluding ortho intramolecular Hbond substituents is 3. The molecule has 0 aromatic heterocycles. The third-order valence-electron chi connectivity index (χ3n) is 22.1. The van der Waals surface area contributed by atoms with Crippen LogP contribution in [0.1, 0.15) is 189 Å². The van der Waals surface area contributed by atoms with Gasteiger partial charge in [-0.1, -0.05) is 114 Å². The van der Waals surface area contributed by atoms with Crippen molar-refractivity contribution in [1.82, 2.24) is 31.9 Å². The first kappa shape index (κ1) is 93.0. The number of nitrogens with two attached hydrogens (primary N) is 1. The number of likely N-dealkylation sites (N-methyl/N-ethyl adjacent to an activating group) is 1. The Morgan fingerprint density at radius 1 is 0.723 bits per heavy atom. The number of Topliss-reactive ketones (excluding diaryl/α,β-unsaturated/α-hetero) is 2. The molecule has 7 heterocycles. The number of halogens is 2. The number of primary amides is 1. The molecule has 37 heteroatoms. The summed E-state index contributed by atoms with van der Waals surface area (Å²) in [5, 5.41) is 121. The van der Waals surface area contributed by atoms with Crippen molar-refractivity contribution in [2.24, 2.45) is 23.0 Å². The van der Waals surface area contributed by atoms with E-state index in [1.807, 2.05) is 37.8 Å². The summed E-state index contributed by atoms with van der Waals surface area (Å²) in [4.78, 5) is 140. The molecule has 11 bridgehead atoms. The highest BCUT2D eigenvalue weighted by Gasteiger charge is 2.52. The van der Waals surface area contributed by atoms with Crippen molar-refractivity contribution in [3.05, 3.63) is 117 Å². The lowest BCUT2D eigenvalue weighted by Crippen LogP contribution is -2.62. The van der Waals surface area contributed by atoms with E-state index in [0.717, 1.165) is 85.0 Å². The van der Waals surface area contributed by atoms with Crippen LogP contribution in [-0.2, 0) is 57.1 Å². The van der Waals surface area contributed by atoms with Crippen LogP contribution < -0.4 is 51.8 Å². The van der Waals surface area contributed by atoms with E-state index in [1.165, 1.54) is 63.8 Å². The number of unbranched alkanes of at least 4 members (excludes halogenated alkanes) is 7. The van der Waals surface area contributed by atoms with Gasteiger partial charge in [-0.25, -0.2) is 0 Å². The second-order valence-corrected chi connectivity index (χ2v) is 35.4. The first-order valence-corrected chi connectivity index (χ1v) is 43.4. The van der Waals surface area contributed by atoms with Gasteiger partial charge >= 0.3 is 7.60 Å². The number of aliphatic hydroxyl groups excluding tert-OH is 6. The molecule has 19 N–H and O–H groups in total. The number of ether oxygens (including phenoxy) is 6. The van der Waals surface area contributed by atoms with Gasteiger partial charge in [0.2, 0.25) is 47.5 Å². The Balaban J connectivity index is 1.16. The Bertz CT molecular complexity index is 4560. The van der Waals surface area contributed by atoms with Gasteiger partial charge in [-0.15, -0.1) is 0 Å². The van der Waals surface area contributed by atoms with Crippen LogP contribution in [0.25, 0.3) is 11.1 Å². The molecule has 9 unspecified atom stereocenters. The number of nitrogens with one attached hydrogen (secondary N) is 6. The van der Waals surface area contributed by atoms with E-state index < -0.39 is 257 Å². The van der Waals surface area contributed by atoms with Gasteiger partial charge < -0.3 is 122 Å². The minimum atomic E-state index is -5.10. The molecule has 5 aromatic carbocycles. The number of carbonyl (C=O) groups is 8. The largest absolute Gasteiger partial charge is 0.508 e. The molecular weight excluding hydrogens is 1630 g/mol. The molecule has 0 saturated carbocycles. The Kier molecular flexibility index (Phi) is 32.1. The van der Waals surface area contributed by atoms with E-state index in [9.17, 15) is 74.7 Å². The summed E-state index contributed by atoms with van der Waals surface area (Å²) in [6.45, 7) is 8.43. The minimum Gasteiger partial charge on any atom is -0.508 e. The van der Waals surface area contributed by atoms with Crippen LogP contribution >= 0.6 is 42.6 Å². The fourth-order valence-electron chi connectivity index (χ4n) is 15.6. The number of fused-ring (bicyclic) bond motifs is 15. The highest BCUT2D eigenvalue weighted by molar-refractivity contribution is 7.99. The Morgan fingerprint density at radius 3 is 1.97 bits per heavy atom. The molecule has 0 aliphatic carbocycles. The van der Waals surface area contributed by atoms with Crippen LogP contribution in [0.4, 0.5) is 0 Å². The van der Waals surface area contributed by atoms with Gasteiger partial charge in [0, 0.05) is 48.3 Å². The summed E-state index contributed by atoms with van der Waals surface area (Å²) >= 11 is 16.2. The number of aromatic hydroxyl groups is 3. The smallest absolute Gasteiger partial charge is 0.344 e. The lowest BCUT2D eigenvalue weighted by molar-refractivity contribution is -0.339. The first-order valence-electron chi connectivity index (χ1n) is 39.7. The Hall–Kier alpha value is -8.26. The van der Waals surface area contributed by atoms with E-state index in [2.05, 4.69) is 33.5 Å². The number of carbonyl (C=O) groups excluding carboxylic acids is 8. The molecule has 2 saturated heterocycles. The lowest BCUT2D eigenvalue weighted by Gasteiger charge is -2.48. The lowest BCUT2D eigenvalue weighted by atomic mass is 9.73. The summed E-state index contributed by atoms with van der Waals surface area (Å²) < 4.78 is 52.0. The molecule has 0 spiro atoms. The maximum Gasteiger partial charge on any atom is 0.344 e. The normalized spacial score (nSPS) is 27.1. The van der Waals surface area contributed by atoms with Gasteiger partial charge in [-0.3, -0.25) is 42.9 Å². The molecule has 12 rings (SSSR count). The molecule has 33 nitrogen and oxygen atoms in total. The molecule has 6 amide bonds. The van der Waals surface area contributed by atoms with E-state index >= 15 is 24.0 Å². The van der Waals surface area contributed by atoms with Crippen molar-refractivity contribution in [2.75, 3.05) is 31.4 Å². The number of aliphatic hydroxyl groups is 6. The molecule has 0 radical (unpaired) electrons. The van der Waals surface area contributed by atoms with Crippen LogP contribution in [0.5, 0.6) is 46.0 Å². The summed E-state index contributed by atoms with van der Waals surface area (Å²) in [7, 11) is -3.60. The van der Waals surface area contributed by atoms with Gasteiger partial charge in [0.1, 0.15) is 89.7 Å². The van der Waals surface area contributed by atoms with Crippen molar-refractivity contribution in [3.63, 3.8) is 0 Å². The number of amides is 6. The van der Waals surface area contributed by atoms with Gasteiger partial charge in [0.15, 0.2) is 35.5 Å². The predicted molar refractivity (Wildman–Crippen MR) is 434 cm³/mol. The number of ketones is 2. The van der Waals surface area contributed by atoms with Crippen molar-refractivity contribution in [2.45, 2.75) is 228 Å². The van der Waals surface area contributed by atoms with Crippen LogP contribution in [0.2, 0.25) is 10.0 Å². The maximum atomic E-state index is 16.4. The second-order valence-electron chi connectivity index (χ2n) is 31.7. The zero-order chi connectivity index (χ0) is 86.6. The number of phenols is 3. The van der Waals surface area contributed by atoms with Crippen molar-refractivity contribution < 1.29 is 127 Å². The average Bonchev–Trinajstić information content (AvgIpc) is 0.763. The van der Waals surface area contributed by atoms with Gasteiger partial charge in [0.25, 0.3) is 0 Å². The van der Waals surface area contributed by atoms with Gasteiger partial charge in [-0.05, 0) is 139 Å². The molecule has 18 atom stereocenters. The monoisotopic (exact) mass is 1740 g/mol. The Morgan fingerprint density at radius 2 is 1.35 bits per heavy atom. The minimum absolute atomic E-state index is 0.0159. The van der Waals surface area contributed by atoms with E-state index in [1.54, 1.807) is 6.92 Å². The highest BCUT2D eigenvalue weighted by Crippen LogP contribution is 2.51. The predicted octanol–water partition coefficient (Wildman–Crippen LogP) is 7.19. The zero-order valence-electron chi connectivity index (χ0n) is 66.6. The SMILES string of the molecule is CCCCCCCCCCSCCC[C@@]1(C)C[C@H](O[C@H]2[C@H](Oc3c4cc5cc3Oc3ccc(cc3Cl)C(O)C3NC(=O)C(CC(=O)C5NC(=O)C(CC(N)=O)CC(=O)C(NC(=O)C(CC(C)C)NC)C(O)c5ccc(c(Cl)c5)O4)c4ccc(O)c(c4)-c4c(O)cc(O)cc4C(C(=O)NCP(=O)(O)O)NC3=O)O[C@H](CO)[C@@H](O)[C@@H]2O)O[C@@H](C)[C@H]1O. The average molecular weight is 1740 g/mol. The molecule has 7 aliphatic heterocycles. The van der Waals surface area contributed by atoms with Crippen LogP contribution in [0.3, 0.4) is 0 Å². The summed E-state index contributed by atoms with van der Waals surface area (Å²) in [5.74, 6) is -16.7. The Labute approximate surface area is 701 Å². The molecule has 2 fully saturated rings. The third kappa shape index (κ3) is 23.1.